The highest BCUT2D eigenvalue weighted by Crippen LogP contribution is 2.25. The van der Waals surface area contributed by atoms with Crippen molar-refractivity contribution in [3.05, 3.63) is 0 Å². The van der Waals surface area contributed by atoms with Crippen molar-refractivity contribution in [2.45, 2.75) is 58.5 Å². The van der Waals surface area contributed by atoms with Crippen LogP contribution >= 0.6 is 0 Å². The van der Waals surface area contributed by atoms with E-state index >= 15 is 0 Å². The summed E-state index contributed by atoms with van der Waals surface area (Å²) in [5.41, 5.74) is 0. The smallest absolute Gasteiger partial charge is 0.317 e. The maximum absolute atomic E-state index is 10.7. The van der Waals surface area contributed by atoms with Crippen molar-refractivity contribution < 1.29 is 9.90 Å². The Balaban J connectivity index is 2.09. The number of carboxylic acids is 1. The van der Waals surface area contributed by atoms with Gasteiger partial charge in [-0.25, -0.2) is 0 Å². The number of nitrogens with zero attached hydrogens (tertiary/aromatic N) is 1. The fraction of sp³-hybridized carbons (Fsp3) is 0.929. The predicted molar refractivity (Wildman–Crippen MR) is 73.8 cm³/mol. The molecule has 0 radical (unpaired) electrons. The second-order valence-electron chi connectivity index (χ2n) is 5.77. The summed E-state index contributed by atoms with van der Waals surface area (Å²) in [6.45, 7) is 8.65. The predicted octanol–water partition coefficient (Wildman–Crippen LogP) is 1.95. The Bertz CT molecular complexity index is 250. The molecule has 0 heterocycles. The third kappa shape index (κ3) is 5.36. The van der Waals surface area contributed by atoms with Gasteiger partial charge in [-0.2, -0.15) is 0 Å². The second-order valence-corrected chi connectivity index (χ2v) is 5.77. The molecule has 0 atom stereocenters. The normalized spacial score (nSPS) is 23.4. The van der Waals surface area contributed by atoms with Crippen molar-refractivity contribution in [2.24, 2.45) is 5.92 Å². The minimum atomic E-state index is -0.717. The summed E-state index contributed by atoms with van der Waals surface area (Å²) >= 11 is 0. The van der Waals surface area contributed by atoms with Crippen LogP contribution in [0.25, 0.3) is 0 Å². The van der Waals surface area contributed by atoms with Crippen LogP contribution in [0, 0.1) is 5.92 Å². The third-order valence-electron chi connectivity index (χ3n) is 3.77. The Morgan fingerprint density at radius 2 is 2.11 bits per heavy atom. The Labute approximate surface area is 111 Å². The topological polar surface area (TPSA) is 52.6 Å². The highest BCUT2D eigenvalue weighted by molar-refractivity contribution is 5.69. The molecular formula is C14H28N2O2. The summed E-state index contributed by atoms with van der Waals surface area (Å²) in [6.07, 6.45) is 4.72. The summed E-state index contributed by atoms with van der Waals surface area (Å²) in [5.74, 6) is 0.0669. The highest BCUT2D eigenvalue weighted by Gasteiger charge is 2.33. The molecule has 0 aromatic carbocycles. The molecule has 0 aliphatic heterocycles. The molecule has 1 aliphatic carbocycles. The summed E-state index contributed by atoms with van der Waals surface area (Å²) < 4.78 is 0. The average molecular weight is 256 g/mol. The first kappa shape index (κ1) is 15.4. The summed E-state index contributed by atoms with van der Waals surface area (Å²) in [6, 6.07) is 1.07. The summed E-state index contributed by atoms with van der Waals surface area (Å²) in [7, 11) is 0. The van der Waals surface area contributed by atoms with E-state index in [0.29, 0.717) is 12.1 Å². The SMILES string of the molecule is CCN(CC(=O)O)C1CC(NCCCC(C)C)C1. The average Bonchev–Trinajstić information content (AvgIpc) is 2.23. The summed E-state index contributed by atoms with van der Waals surface area (Å²) in [5, 5.41) is 12.4. The van der Waals surface area contributed by atoms with Crippen molar-refractivity contribution in [3.8, 4) is 0 Å². The lowest BCUT2D eigenvalue weighted by Crippen LogP contribution is -2.53. The zero-order valence-corrected chi connectivity index (χ0v) is 12.0. The van der Waals surface area contributed by atoms with Gasteiger partial charge in [-0.05, 0) is 44.7 Å². The molecule has 1 saturated carbocycles. The van der Waals surface area contributed by atoms with Crippen LogP contribution in [0.2, 0.25) is 0 Å². The first-order valence-corrected chi connectivity index (χ1v) is 7.22. The van der Waals surface area contributed by atoms with Crippen LogP contribution in [-0.4, -0.2) is 47.7 Å². The van der Waals surface area contributed by atoms with E-state index < -0.39 is 5.97 Å². The molecule has 2 N–H and O–H groups in total. The van der Waals surface area contributed by atoms with E-state index in [0.717, 1.165) is 31.8 Å². The molecule has 0 spiro atoms. The van der Waals surface area contributed by atoms with Crippen LogP contribution < -0.4 is 5.32 Å². The Morgan fingerprint density at radius 1 is 1.44 bits per heavy atom. The Morgan fingerprint density at radius 3 is 2.61 bits per heavy atom. The van der Waals surface area contributed by atoms with Gasteiger partial charge in [0.15, 0.2) is 0 Å². The molecule has 0 aromatic rings. The standard InChI is InChI=1S/C14H28N2O2/c1-4-16(10-14(17)18)13-8-12(9-13)15-7-5-6-11(2)3/h11-13,15H,4-10H2,1-3H3,(H,17,18). The summed E-state index contributed by atoms with van der Waals surface area (Å²) in [4.78, 5) is 12.8. The maximum atomic E-state index is 10.7. The zero-order valence-electron chi connectivity index (χ0n) is 12.0. The first-order chi connectivity index (χ1) is 8.52. The van der Waals surface area contributed by atoms with Crippen LogP contribution in [0.5, 0.6) is 0 Å². The van der Waals surface area contributed by atoms with Gasteiger partial charge in [0, 0.05) is 12.1 Å². The minimum absolute atomic E-state index is 0.182. The van der Waals surface area contributed by atoms with E-state index in [2.05, 4.69) is 24.1 Å². The molecule has 0 bridgehead atoms. The molecule has 0 saturated heterocycles. The lowest BCUT2D eigenvalue weighted by Gasteiger charge is -2.42. The zero-order chi connectivity index (χ0) is 13.5. The maximum Gasteiger partial charge on any atom is 0.317 e. The quantitative estimate of drug-likeness (QED) is 0.619. The van der Waals surface area contributed by atoms with E-state index in [-0.39, 0.29) is 6.54 Å². The highest BCUT2D eigenvalue weighted by atomic mass is 16.4. The molecule has 0 amide bonds. The number of carbonyl (C=O) groups is 1. The molecule has 4 nitrogen and oxygen atoms in total. The lowest BCUT2D eigenvalue weighted by atomic mass is 9.85. The second kappa shape index (κ2) is 7.74. The molecule has 0 aromatic heterocycles. The van der Waals surface area contributed by atoms with Crippen LogP contribution in [-0.2, 0) is 4.79 Å². The van der Waals surface area contributed by atoms with Crippen molar-refractivity contribution in [2.75, 3.05) is 19.6 Å². The van der Waals surface area contributed by atoms with E-state index in [9.17, 15) is 4.79 Å². The van der Waals surface area contributed by atoms with Crippen molar-refractivity contribution in [1.29, 1.82) is 0 Å². The molecule has 0 unspecified atom stereocenters. The molecule has 1 rings (SSSR count). The van der Waals surface area contributed by atoms with Crippen LogP contribution in [0.3, 0.4) is 0 Å². The monoisotopic (exact) mass is 256 g/mol. The van der Waals surface area contributed by atoms with E-state index in [1.807, 2.05) is 6.92 Å². The van der Waals surface area contributed by atoms with Gasteiger partial charge in [0.1, 0.15) is 0 Å². The van der Waals surface area contributed by atoms with E-state index in [1.165, 1.54) is 12.8 Å². The van der Waals surface area contributed by atoms with E-state index in [4.69, 9.17) is 5.11 Å². The number of carboxylic acid groups (broad SMARTS) is 1. The van der Waals surface area contributed by atoms with Gasteiger partial charge in [-0.1, -0.05) is 20.8 Å². The van der Waals surface area contributed by atoms with Gasteiger partial charge < -0.3 is 10.4 Å². The first-order valence-electron chi connectivity index (χ1n) is 7.22. The number of hydrogen-bond acceptors (Lipinski definition) is 3. The number of nitrogens with one attached hydrogen (secondary N) is 1. The van der Waals surface area contributed by atoms with Crippen molar-refractivity contribution >= 4 is 5.97 Å². The fourth-order valence-corrected chi connectivity index (χ4v) is 2.54. The molecule has 1 fully saturated rings. The molecule has 18 heavy (non-hydrogen) atoms. The van der Waals surface area contributed by atoms with Gasteiger partial charge in [0.2, 0.25) is 0 Å². The van der Waals surface area contributed by atoms with Gasteiger partial charge in [0.25, 0.3) is 0 Å². The van der Waals surface area contributed by atoms with Gasteiger partial charge in [0.05, 0.1) is 6.54 Å². The fourth-order valence-electron chi connectivity index (χ4n) is 2.54. The number of hydrogen-bond donors (Lipinski definition) is 2. The van der Waals surface area contributed by atoms with Crippen molar-refractivity contribution in [1.82, 2.24) is 10.2 Å². The van der Waals surface area contributed by atoms with Crippen LogP contribution in [0.15, 0.2) is 0 Å². The molecular weight excluding hydrogens is 228 g/mol. The number of rotatable bonds is 9. The van der Waals surface area contributed by atoms with Crippen LogP contribution in [0.1, 0.15) is 46.5 Å². The largest absolute Gasteiger partial charge is 0.480 e. The Kier molecular flexibility index (Phi) is 6.65. The molecule has 4 heteroatoms. The van der Waals surface area contributed by atoms with Crippen molar-refractivity contribution in [3.63, 3.8) is 0 Å². The van der Waals surface area contributed by atoms with Gasteiger partial charge in [-0.3, -0.25) is 9.69 Å². The van der Waals surface area contributed by atoms with Gasteiger partial charge in [-0.15, -0.1) is 0 Å². The lowest BCUT2D eigenvalue weighted by molar-refractivity contribution is -0.139. The Hall–Kier alpha value is -0.610. The number of aliphatic carboxylic acids is 1. The van der Waals surface area contributed by atoms with E-state index in [1.54, 1.807) is 0 Å². The third-order valence-corrected chi connectivity index (χ3v) is 3.77. The minimum Gasteiger partial charge on any atom is -0.480 e. The van der Waals surface area contributed by atoms with Crippen LogP contribution in [0.4, 0.5) is 0 Å². The molecule has 1 aliphatic rings. The number of likely N-dealkylation sites (N-methyl/N-ethyl adjacent to an activating group) is 1. The van der Waals surface area contributed by atoms with Gasteiger partial charge >= 0.3 is 5.97 Å². The molecule has 106 valence electrons.